The molecular weight excluding hydrogens is 396 g/mol. The first-order valence-electron chi connectivity index (χ1n) is 9.79. The van der Waals surface area contributed by atoms with Crippen LogP contribution in [-0.4, -0.2) is 38.5 Å². The molecule has 1 aromatic carbocycles. The molecule has 2 aromatic rings. The van der Waals surface area contributed by atoms with Crippen LogP contribution in [0.4, 0.5) is 8.78 Å². The Hall–Kier alpha value is -3.23. The van der Waals surface area contributed by atoms with Crippen molar-refractivity contribution in [3.63, 3.8) is 0 Å². The number of halogens is 2. The highest BCUT2D eigenvalue weighted by Crippen LogP contribution is 2.50. The van der Waals surface area contributed by atoms with Crippen LogP contribution in [0.3, 0.4) is 0 Å². The molecule has 3 aliphatic rings. The van der Waals surface area contributed by atoms with Crippen molar-refractivity contribution in [3.8, 4) is 5.75 Å². The average Bonchev–Trinajstić information content (AvgIpc) is 3.27. The number of rotatable bonds is 3. The fourth-order valence-corrected chi connectivity index (χ4v) is 5.14. The fourth-order valence-electron chi connectivity index (χ4n) is 5.14. The number of aromatic hydroxyl groups is 1. The molecule has 2 unspecified atom stereocenters. The fraction of sp³-hybridized carbons (Fsp3) is 0.381. The van der Waals surface area contributed by atoms with E-state index in [2.05, 4.69) is 5.32 Å². The van der Waals surface area contributed by atoms with E-state index in [1.54, 1.807) is 4.90 Å². The van der Waals surface area contributed by atoms with E-state index in [1.807, 2.05) is 0 Å². The summed E-state index contributed by atoms with van der Waals surface area (Å²) in [5, 5.41) is 12.8. The van der Waals surface area contributed by atoms with Gasteiger partial charge in [0.2, 0.25) is 5.43 Å². The average molecular weight is 415 g/mol. The minimum absolute atomic E-state index is 0.0553. The molecule has 30 heavy (non-hydrogen) atoms. The van der Waals surface area contributed by atoms with Crippen LogP contribution in [-0.2, 0) is 13.1 Å². The summed E-state index contributed by atoms with van der Waals surface area (Å²) in [7, 11) is 0. The van der Waals surface area contributed by atoms with Gasteiger partial charge in [-0.25, -0.2) is 8.78 Å². The van der Waals surface area contributed by atoms with Crippen LogP contribution in [0.5, 0.6) is 5.75 Å². The Morgan fingerprint density at radius 2 is 2.10 bits per heavy atom. The van der Waals surface area contributed by atoms with E-state index in [0.29, 0.717) is 25.1 Å². The highest BCUT2D eigenvalue weighted by molar-refractivity contribution is 5.99. The number of hydrogen-bond acceptors (Lipinski definition) is 4. The minimum Gasteiger partial charge on any atom is -0.503 e. The molecule has 2 bridgehead atoms. The molecule has 0 radical (unpaired) electrons. The molecule has 1 aromatic heterocycles. The number of piperidine rings is 1. The number of benzene rings is 1. The van der Waals surface area contributed by atoms with Crippen molar-refractivity contribution in [2.45, 2.75) is 37.9 Å². The predicted octanol–water partition coefficient (Wildman–Crippen LogP) is 1.77. The predicted molar refractivity (Wildman–Crippen MR) is 101 cm³/mol. The van der Waals surface area contributed by atoms with Crippen LogP contribution in [0.25, 0.3) is 0 Å². The zero-order valence-electron chi connectivity index (χ0n) is 16.0. The molecule has 1 saturated heterocycles. The summed E-state index contributed by atoms with van der Waals surface area (Å²) >= 11 is 0. The molecule has 2 aliphatic heterocycles. The van der Waals surface area contributed by atoms with Gasteiger partial charge in [-0.15, -0.1) is 0 Å². The molecule has 1 saturated carbocycles. The van der Waals surface area contributed by atoms with Crippen molar-refractivity contribution >= 4 is 11.8 Å². The van der Waals surface area contributed by atoms with Crippen LogP contribution >= 0.6 is 0 Å². The van der Waals surface area contributed by atoms with E-state index in [9.17, 15) is 28.3 Å². The first-order chi connectivity index (χ1) is 14.3. The number of nitrogens with one attached hydrogen (secondary N) is 1. The normalized spacial score (nSPS) is 24.0. The summed E-state index contributed by atoms with van der Waals surface area (Å²) in [5.74, 6) is -3.08. The summed E-state index contributed by atoms with van der Waals surface area (Å²) in [6.07, 6.45) is 4.04. The van der Waals surface area contributed by atoms with E-state index in [4.69, 9.17) is 0 Å². The first kappa shape index (κ1) is 18.8. The third kappa shape index (κ3) is 2.64. The van der Waals surface area contributed by atoms with E-state index in [-0.39, 0.29) is 28.9 Å². The van der Waals surface area contributed by atoms with Gasteiger partial charge in [0.05, 0.1) is 5.54 Å². The summed E-state index contributed by atoms with van der Waals surface area (Å²) in [6, 6.07) is 2.97. The third-order valence-corrected chi connectivity index (χ3v) is 6.57. The summed E-state index contributed by atoms with van der Waals surface area (Å²) in [4.78, 5) is 39.9. The lowest BCUT2D eigenvalue weighted by atomic mass is 9.93. The third-order valence-electron chi connectivity index (χ3n) is 6.57. The maximum absolute atomic E-state index is 13.8. The van der Waals surface area contributed by atoms with Gasteiger partial charge in [0.15, 0.2) is 11.4 Å². The zero-order valence-corrected chi connectivity index (χ0v) is 16.0. The Bertz CT molecular complexity index is 1160. The van der Waals surface area contributed by atoms with Gasteiger partial charge in [0.25, 0.3) is 11.8 Å². The Morgan fingerprint density at radius 3 is 2.83 bits per heavy atom. The molecule has 2 amide bonds. The van der Waals surface area contributed by atoms with Crippen molar-refractivity contribution in [1.82, 2.24) is 14.8 Å². The molecule has 2 fully saturated rings. The van der Waals surface area contributed by atoms with Gasteiger partial charge < -0.3 is 19.9 Å². The number of amides is 2. The van der Waals surface area contributed by atoms with Crippen molar-refractivity contribution in [2.75, 3.05) is 6.54 Å². The second-order valence-corrected chi connectivity index (χ2v) is 8.36. The molecule has 156 valence electrons. The van der Waals surface area contributed by atoms with Crippen molar-refractivity contribution < 1.29 is 23.5 Å². The maximum Gasteiger partial charge on any atom is 0.275 e. The summed E-state index contributed by atoms with van der Waals surface area (Å²) in [5.41, 5.74) is -1.66. The van der Waals surface area contributed by atoms with Gasteiger partial charge in [-0.05, 0) is 31.2 Å². The van der Waals surface area contributed by atoms with Crippen LogP contribution in [0.15, 0.2) is 29.2 Å². The number of carbonyl (C=O) groups is 2. The van der Waals surface area contributed by atoms with E-state index in [0.717, 1.165) is 25.3 Å². The molecule has 2 atom stereocenters. The lowest BCUT2D eigenvalue weighted by Gasteiger charge is -2.44. The molecule has 2 N–H and O–H groups in total. The second-order valence-electron chi connectivity index (χ2n) is 8.36. The quantitative estimate of drug-likeness (QED) is 0.800. The highest BCUT2D eigenvalue weighted by Gasteiger charge is 2.56. The van der Waals surface area contributed by atoms with Crippen LogP contribution in [0, 0.1) is 17.6 Å². The Labute approximate surface area is 169 Å². The Morgan fingerprint density at radius 1 is 1.30 bits per heavy atom. The topological polar surface area (TPSA) is 91.6 Å². The molecule has 5 rings (SSSR count). The Kier molecular flexibility index (Phi) is 4.00. The largest absolute Gasteiger partial charge is 0.503 e. The minimum atomic E-state index is -0.952. The lowest BCUT2D eigenvalue weighted by molar-refractivity contribution is 0.0397. The SMILES string of the molecule is O=C(NCc1ccc(F)cc1F)c1cn2c(c(O)c1=O)C(=O)N1CC3CCC1(C3)C2. The number of hydrogen-bond donors (Lipinski definition) is 2. The van der Waals surface area contributed by atoms with E-state index < -0.39 is 34.6 Å². The Balaban J connectivity index is 1.46. The molecule has 1 aliphatic carbocycles. The molecule has 3 heterocycles. The van der Waals surface area contributed by atoms with Gasteiger partial charge in [-0.3, -0.25) is 14.4 Å². The maximum atomic E-state index is 13.8. The smallest absolute Gasteiger partial charge is 0.275 e. The molecular formula is C21H19F2N3O4. The van der Waals surface area contributed by atoms with Gasteiger partial charge in [0, 0.05) is 37.5 Å². The summed E-state index contributed by atoms with van der Waals surface area (Å²) in [6.45, 7) is 0.772. The van der Waals surface area contributed by atoms with Crippen molar-refractivity contribution in [1.29, 1.82) is 0 Å². The first-order valence-corrected chi connectivity index (χ1v) is 9.79. The van der Waals surface area contributed by atoms with Crippen molar-refractivity contribution in [2.24, 2.45) is 5.92 Å². The number of carbonyl (C=O) groups excluding carboxylic acids is 2. The number of pyridine rings is 1. The zero-order chi connectivity index (χ0) is 21.2. The van der Waals surface area contributed by atoms with Gasteiger partial charge in [-0.1, -0.05) is 6.07 Å². The molecule has 1 spiro atoms. The molecule has 9 heteroatoms. The van der Waals surface area contributed by atoms with Gasteiger partial charge in [0.1, 0.15) is 17.2 Å². The number of nitrogens with zero attached hydrogens (tertiary/aromatic N) is 2. The van der Waals surface area contributed by atoms with Gasteiger partial charge >= 0.3 is 0 Å². The van der Waals surface area contributed by atoms with Gasteiger partial charge in [-0.2, -0.15) is 0 Å². The monoisotopic (exact) mass is 415 g/mol. The standard InChI is InChI=1S/C21H19F2N3O4/c22-13-2-1-12(15(23)5-13)7-24-19(29)14-9-25-10-21-4-3-11(6-21)8-26(21)20(30)16(25)18(28)17(14)27/h1-2,5,9,11,28H,3-4,6-8,10H2,(H,24,29). The highest BCUT2D eigenvalue weighted by atomic mass is 19.1. The van der Waals surface area contributed by atoms with E-state index in [1.165, 1.54) is 16.8 Å². The van der Waals surface area contributed by atoms with Crippen molar-refractivity contribution in [3.05, 3.63) is 63.1 Å². The number of fused-ring (bicyclic) bond motifs is 2. The van der Waals surface area contributed by atoms with E-state index >= 15 is 0 Å². The van der Waals surface area contributed by atoms with Crippen LogP contribution in [0.2, 0.25) is 0 Å². The second kappa shape index (κ2) is 6.38. The van der Waals surface area contributed by atoms with Crippen LogP contribution in [0.1, 0.15) is 45.7 Å². The van der Waals surface area contributed by atoms with Crippen LogP contribution < -0.4 is 10.7 Å². The summed E-state index contributed by atoms with van der Waals surface area (Å²) < 4.78 is 28.3. The lowest BCUT2D eigenvalue weighted by Crippen LogP contribution is -2.55. The molecule has 7 nitrogen and oxygen atoms in total. The number of aromatic nitrogens is 1.